The molecule has 2 aromatic rings. The second-order valence-electron chi connectivity index (χ2n) is 4.65. The smallest absolute Gasteiger partial charge is 0.226 e. The molecule has 0 aliphatic carbocycles. The fourth-order valence-electron chi connectivity index (χ4n) is 1.95. The van der Waals surface area contributed by atoms with Crippen LogP contribution in [0.3, 0.4) is 0 Å². The highest BCUT2D eigenvalue weighted by atomic mass is 35.5. The van der Waals surface area contributed by atoms with Crippen molar-refractivity contribution in [3.05, 3.63) is 35.6 Å². The SMILES string of the molecule is CCn1cc(NC(=O)CCNc2cc(Cl)ccc2OC)cn1. The Kier molecular flexibility index (Phi) is 5.66. The number of nitrogens with zero attached hydrogens (tertiary/aromatic N) is 2. The van der Waals surface area contributed by atoms with Crippen LogP contribution in [0.4, 0.5) is 11.4 Å². The lowest BCUT2D eigenvalue weighted by Crippen LogP contribution is -2.16. The van der Waals surface area contributed by atoms with Crippen LogP contribution in [-0.4, -0.2) is 29.3 Å². The summed E-state index contributed by atoms with van der Waals surface area (Å²) in [4.78, 5) is 11.9. The number of amides is 1. The molecule has 2 N–H and O–H groups in total. The van der Waals surface area contributed by atoms with E-state index in [1.54, 1.807) is 42.4 Å². The van der Waals surface area contributed by atoms with Crippen molar-refractivity contribution >= 4 is 28.9 Å². The van der Waals surface area contributed by atoms with Crippen molar-refractivity contribution in [3.63, 3.8) is 0 Å². The molecule has 0 saturated heterocycles. The highest BCUT2D eigenvalue weighted by Gasteiger charge is 2.06. The minimum atomic E-state index is -0.0795. The minimum Gasteiger partial charge on any atom is -0.495 e. The Hall–Kier alpha value is -2.21. The predicted molar refractivity (Wildman–Crippen MR) is 87.6 cm³/mol. The molecule has 0 unspecified atom stereocenters. The first-order chi connectivity index (χ1) is 10.6. The van der Waals surface area contributed by atoms with Crippen LogP contribution < -0.4 is 15.4 Å². The fraction of sp³-hybridized carbons (Fsp3) is 0.333. The highest BCUT2D eigenvalue weighted by Crippen LogP contribution is 2.27. The van der Waals surface area contributed by atoms with Gasteiger partial charge in [0, 0.05) is 30.7 Å². The van der Waals surface area contributed by atoms with E-state index in [1.165, 1.54) is 0 Å². The van der Waals surface area contributed by atoms with Crippen molar-refractivity contribution in [2.75, 3.05) is 24.3 Å². The molecule has 2 rings (SSSR count). The van der Waals surface area contributed by atoms with E-state index in [0.717, 1.165) is 12.2 Å². The fourth-order valence-corrected chi connectivity index (χ4v) is 2.13. The third-order valence-corrected chi connectivity index (χ3v) is 3.31. The third-order valence-electron chi connectivity index (χ3n) is 3.07. The van der Waals surface area contributed by atoms with E-state index in [-0.39, 0.29) is 5.91 Å². The monoisotopic (exact) mass is 322 g/mol. The Morgan fingerprint density at radius 2 is 2.27 bits per heavy atom. The van der Waals surface area contributed by atoms with E-state index >= 15 is 0 Å². The van der Waals surface area contributed by atoms with E-state index in [0.29, 0.717) is 29.4 Å². The molecule has 0 aliphatic rings. The quantitative estimate of drug-likeness (QED) is 0.822. The van der Waals surface area contributed by atoms with Crippen molar-refractivity contribution in [2.45, 2.75) is 19.9 Å². The van der Waals surface area contributed by atoms with Gasteiger partial charge in [0.2, 0.25) is 5.91 Å². The molecule has 0 aliphatic heterocycles. The van der Waals surface area contributed by atoms with Crippen molar-refractivity contribution in [2.24, 2.45) is 0 Å². The first kappa shape index (κ1) is 16.2. The lowest BCUT2D eigenvalue weighted by molar-refractivity contribution is -0.115. The predicted octanol–water partition coefficient (Wildman–Crippen LogP) is 3.01. The zero-order valence-corrected chi connectivity index (χ0v) is 13.4. The number of aromatic nitrogens is 2. The number of carbonyl (C=O) groups excluding carboxylic acids is 1. The molecule has 1 aromatic heterocycles. The number of anilines is 2. The highest BCUT2D eigenvalue weighted by molar-refractivity contribution is 6.30. The second kappa shape index (κ2) is 7.70. The van der Waals surface area contributed by atoms with E-state index in [2.05, 4.69) is 15.7 Å². The Bertz CT molecular complexity index is 642. The van der Waals surface area contributed by atoms with Crippen molar-refractivity contribution in [1.29, 1.82) is 0 Å². The van der Waals surface area contributed by atoms with E-state index < -0.39 is 0 Å². The Balaban J connectivity index is 1.83. The largest absolute Gasteiger partial charge is 0.495 e. The molecule has 0 fully saturated rings. The number of ether oxygens (including phenoxy) is 1. The summed E-state index contributed by atoms with van der Waals surface area (Å²) in [7, 11) is 1.59. The van der Waals surface area contributed by atoms with Crippen LogP contribution >= 0.6 is 11.6 Å². The molecule has 118 valence electrons. The maximum atomic E-state index is 11.9. The summed E-state index contributed by atoms with van der Waals surface area (Å²) >= 11 is 5.95. The molecule has 0 bridgehead atoms. The van der Waals surface area contributed by atoms with Gasteiger partial charge in [0.25, 0.3) is 0 Å². The first-order valence-corrected chi connectivity index (χ1v) is 7.40. The van der Waals surface area contributed by atoms with Gasteiger partial charge in [0.05, 0.1) is 24.7 Å². The summed E-state index contributed by atoms with van der Waals surface area (Å²) in [6.07, 6.45) is 3.76. The summed E-state index contributed by atoms with van der Waals surface area (Å²) in [5, 5.41) is 10.7. The maximum Gasteiger partial charge on any atom is 0.226 e. The summed E-state index contributed by atoms with van der Waals surface area (Å²) in [5.41, 5.74) is 1.47. The summed E-state index contributed by atoms with van der Waals surface area (Å²) < 4.78 is 6.99. The van der Waals surface area contributed by atoms with E-state index in [9.17, 15) is 4.79 Å². The molecule has 1 aromatic carbocycles. The van der Waals surface area contributed by atoms with Gasteiger partial charge < -0.3 is 15.4 Å². The van der Waals surface area contributed by atoms with Gasteiger partial charge in [0.1, 0.15) is 5.75 Å². The lowest BCUT2D eigenvalue weighted by Gasteiger charge is -2.11. The van der Waals surface area contributed by atoms with Gasteiger partial charge in [-0.05, 0) is 25.1 Å². The minimum absolute atomic E-state index is 0.0795. The van der Waals surface area contributed by atoms with Crippen molar-refractivity contribution in [1.82, 2.24) is 9.78 Å². The zero-order valence-electron chi connectivity index (χ0n) is 12.6. The summed E-state index contributed by atoms with van der Waals surface area (Å²) in [6.45, 7) is 3.23. The number of methoxy groups -OCH3 is 1. The number of halogens is 1. The normalized spacial score (nSPS) is 10.3. The third kappa shape index (κ3) is 4.39. The average Bonchev–Trinajstić information content (AvgIpc) is 2.95. The lowest BCUT2D eigenvalue weighted by atomic mass is 10.2. The number of aryl methyl sites for hydroxylation is 1. The van der Waals surface area contributed by atoms with Crippen LogP contribution in [0.25, 0.3) is 0 Å². The van der Waals surface area contributed by atoms with Gasteiger partial charge in [-0.25, -0.2) is 0 Å². The number of benzene rings is 1. The van der Waals surface area contributed by atoms with Gasteiger partial charge >= 0.3 is 0 Å². The number of hydrogen-bond acceptors (Lipinski definition) is 4. The molecular formula is C15H19ClN4O2. The molecule has 0 atom stereocenters. The Morgan fingerprint density at radius 1 is 1.45 bits per heavy atom. The van der Waals surface area contributed by atoms with E-state index in [4.69, 9.17) is 16.3 Å². The number of rotatable bonds is 7. The molecule has 22 heavy (non-hydrogen) atoms. The molecule has 1 amide bonds. The molecular weight excluding hydrogens is 304 g/mol. The van der Waals surface area contributed by atoms with Gasteiger partial charge in [-0.1, -0.05) is 11.6 Å². The van der Waals surface area contributed by atoms with Crippen LogP contribution in [0.2, 0.25) is 5.02 Å². The molecule has 0 saturated carbocycles. The van der Waals surface area contributed by atoms with Crippen molar-refractivity contribution in [3.8, 4) is 5.75 Å². The molecule has 6 nitrogen and oxygen atoms in total. The van der Waals surface area contributed by atoms with Crippen LogP contribution in [0.5, 0.6) is 5.75 Å². The van der Waals surface area contributed by atoms with Crippen LogP contribution in [0, 0.1) is 0 Å². The average molecular weight is 323 g/mol. The van der Waals surface area contributed by atoms with Crippen LogP contribution in [-0.2, 0) is 11.3 Å². The maximum absolute atomic E-state index is 11.9. The van der Waals surface area contributed by atoms with Crippen molar-refractivity contribution < 1.29 is 9.53 Å². The zero-order chi connectivity index (χ0) is 15.9. The summed E-state index contributed by atoms with van der Waals surface area (Å²) in [5.74, 6) is 0.609. The topological polar surface area (TPSA) is 68.2 Å². The standard InChI is InChI=1S/C15H19ClN4O2/c1-3-20-10-12(9-18-20)19-15(21)6-7-17-13-8-11(16)4-5-14(13)22-2/h4-5,8-10,17H,3,6-7H2,1-2H3,(H,19,21). The van der Waals surface area contributed by atoms with Crippen LogP contribution in [0.15, 0.2) is 30.6 Å². The Morgan fingerprint density at radius 3 is 2.95 bits per heavy atom. The first-order valence-electron chi connectivity index (χ1n) is 7.02. The number of hydrogen-bond donors (Lipinski definition) is 2. The number of nitrogens with one attached hydrogen (secondary N) is 2. The molecule has 7 heteroatoms. The van der Waals surface area contributed by atoms with Gasteiger partial charge in [-0.2, -0.15) is 5.10 Å². The molecule has 0 spiro atoms. The molecule has 1 heterocycles. The Labute approximate surface area is 134 Å². The molecule has 0 radical (unpaired) electrons. The van der Waals surface area contributed by atoms with Gasteiger partial charge in [-0.3, -0.25) is 9.48 Å². The van der Waals surface area contributed by atoms with E-state index in [1.807, 2.05) is 6.92 Å². The van der Waals surface area contributed by atoms with Gasteiger partial charge in [0.15, 0.2) is 0 Å². The summed E-state index contributed by atoms with van der Waals surface area (Å²) in [6, 6.07) is 5.30. The number of carbonyl (C=O) groups is 1. The second-order valence-corrected chi connectivity index (χ2v) is 5.09. The van der Waals surface area contributed by atoms with Crippen LogP contribution in [0.1, 0.15) is 13.3 Å². The van der Waals surface area contributed by atoms with Gasteiger partial charge in [-0.15, -0.1) is 0 Å².